The van der Waals surface area contributed by atoms with Gasteiger partial charge in [-0.25, -0.2) is 0 Å². The summed E-state index contributed by atoms with van der Waals surface area (Å²) in [7, 11) is 0. The molecule has 0 saturated carbocycles. The van der Waals surface area contributed by atoms with Gasteiger partial charge in [-0.3, -0.25) is 0 Å². The Morgan fingerprint density at radius 2 is 2.13 bits per heavy atom. The van der Waals surface area contributed by atoms with Gasteiger partial charge in [0.05, 0.1) is 0 Å². The van der Waals surface area contributed by atoms with Crippen LogP contribution in [-0.4, -0.2) is 11.6 Å². The molecule has 0 saturated heterocycles. The summed E-state index contributed by atoms with van der Waals surface area (Å²) in [4.78, 5) is 1.49. The number of hydrogen-bond donors (Lipinski definition) is 1. The van der Waals surface area contributed by atoms with E-state index in [-0.39, 0.29) is 5.54 Å². The minimum absolute atomic E-state index is 0.219. The fourth-order valence-electron chi connectivity index (χ4n) is 1.86. The highest BCUT2D eigenvalue weighted by atomic mass is 32.1. The Kier molecular flexibility index (Phi) is 4.81. The Morgan fingerprint density at radius 1 is 1.40 bits per heavy atom. The maximum Gasteiger partial charge on any atom is 0.0120 e. The number of rotatable bonds is 5. The lowest BCUT2D eigenvalue weighted by Gasteiger charge is -2.28. The van der Waals surface area contributed by atoms with Crippen molar-refractivity contribution >= 4 is 11.3 Å². The fraction of sp³-hybridized carbons (Fsp3) is 0.692. The predicted octanol–water partition coefficient (Wildman–Crippen LogP) is 3.85. The fourth-order valence-corrected chi connectivity index (χ4v) is 2.64. The zero-order chi connectivity index (χ0) is 11.3. The third-order valence-corrected chi connectivity index (χ3v) is 3.20. The maximum atomic E-state index is 3.70. The van der Waals surface area contributed by atoms with Crippen LogP contribution in [0, 0.1) is 0 Å². The molecule has 1 aromatic heterocycles. The van der Waals surface area contributed by atoms with E-state index in [4.69, 9.17) is 0 Å². The smallest absolute Gasteiger partial charge is 0.0120 e. The predicted molar refractivity (Wildman–Crippen MR) is 69.6 cm³/mol. The van der Waals surface area contributed by atoms with Crippen LogP contribution in [0.15, 0.2) is 17.5 Å². The van der Waals surface area contributed by atoms with Gasteiger partial charge in [-0.15, -0.1) is 11.3 Å². The molecular weight excluding hydrogens is 202 g/mol. The number of thiophene rings is 1. The highest BCUT2D eigenvalue weighted by molar-refractivity contribution is 7.09. The van der Waals surface area contributed by atoms with E-state index in [2.05, 4.69) is 50.5 Å². The first-order chi connectivity index (χ1) is 7.01. The molecule has 86 valence electrons. The van der Waals surface area contributed by atoms with Crippen molar-refractivity contribution in [3.05, 3.63) is 22.4 Å². The van der Waals surface area contributed by atoms with Crippen LogP contribution in [0.5, 0.6) is 0 Å². The zero-order valence-corrected chi connectivity index (χ0v) is 11.2. The van der Waals surface area contributed by atoms with Gasteiger partial charge in [0.15, 0.2) is 0 Å². The standard InChI is InChI=1S/C13H23NS/c1-5-7-11(14-13(2,3)4)10-12-8-6-9-15-12/h6,8-9,11,14H,5,7,10H2,1-4H3. The van der Waals surface area contributed by atoms with Gasteiger partial charge in [-0.2, -0.15) is 0 Å². The molecule has 1 unspecified atom stereocenters. The van der Waals surface area contributed by atoms with E-state index < -0.39 is 0 Å². The van der Waals surface area contributed by atoms with Crippen LogP contribution < -0.4 is 5.32 Å². The molecule has 1 aromatic rings. The third kappa shape index (κ3) is 5.33. The molecule has 0 aliphatic rings. The highest BCUT2D eigenvalue weighted by Crippen LogP contribution is 2.15. The van der Waals surface area contributed by atoms with Crippen LogP contribution >= 0.6 is 11.3 Å². The monoisotopic (exact) mass is 225 g/mol. The van der Waals surface area contributed by atoms with Crippen LogP contribution in [0.1, 0.15) is 45.4 Å². The van der Waals surface area contributed by atoms with Crippen molar-refractivity contribution in [3.8, 4) is 0 Å². The van der Waals surface area contributed by atoms with Crippen LogP contribution in [0.2, 0.25) is 0 Å². The molecule has 0 spiro atoms. The summed E-state index contributed by atoms with van der Waals surface area (Å²) >= 11 is 1.86. The van der Waals surface area contributed by atoms with Gasteiger partial charge >= 0.3 is 0 Å². The van der Waals surface area contributed by atoms with Gasteiger partial charge in [0.25, 0.3) is 0 Å². The molecule has 1 rings (SSSR count). The molecule has 1 nitrogen and oxygen atoms in total. The molecule has 1 heterocycles. The molecule has 0 aliphatic carbocycles. The number of hydrogen-bond acceptors (Lipinski definition) is 2. The summed E-state index contributed by atoms with van der Waals surface area (Å²) < 4.78 is 0. The molecule has 1 atom stereocenters. The van der Waals surface area contributed by atoms with E-state index in [0.717, 1.165) is 0 Å². The number of nitrogens with one attached hydrogen (secondary N) is 1. The van der Waals surface area contributed by atoms with Crippen LogP contribution in [-0.2, 0) is 6.42 Å². The van der Waals surface area contributed by atoms with Gasteiger partial charge in [0.2, 0.25) is 0 Å². The Bertz CT molecular complexity index is 259. The molecule has 0 aliphatic heterocycles. The molecular formula is C13H23NS. The largest absolute Gasteiger partial charge is 0.309 e. The van der Waals surface area contributed by atoms with Crippen molar-refractivity contribution in [1.29, 1.82) is 0 Å². The Labute approximate surface area is 97.9 Å². The summed E-state index contributed by atoms with van der Waals surface area (Å²) in [5.41, 5.74) is 0.219. The maximum absolute atomic E-state index is 3.70. The van der Waals surface area contributed by atoms with Crippen molar-refractivity contribution in [1.82, 2.24) is 5.32 Å². The van der Waals surface area contributed by atoms with Gasteiger partial charge in [0, 0.05) is 16.5 Å². The first-order valence-electron chi connectivity index (χ1n) is 5.81. The van der Waals surface area contributed by atoms with E-state index in [1.54, 1.807) is 0 Å². The summed E-state index contributed by atoms with van der Waals surface area (Å²) in [6.45, 7) is 8.98. The first kappa shape index (κ1) is 12.7. The first-order valence-corrected chi connectivity index (χ1v) is 6.69. The Morgan fingerprint density at radius 3 is 2.60 bits per heavy atom. The van der Waals surface area contributed by atoms with Crippen LogP contribution in [0.4, 0.5) is 0 Å². The van der Waals surface area contributed by atoms with E-state index >= 15 is 0 Å². The quantitative estimate of drug-likeness (QED) is 0.802. The Balaban J connectivity index is 2.51. The molecule has 1 N–H and O–H groups in total. The molecule has 0 bridgehead atoms. The lowest BCUT2D eigenvalue weighted by molar-refractivity contribution is 0.342. The molecule has 0 radical (unpaired) electrons. The molecule has 15 heavy (non-hydrogen) atoms. The average Bonchev–Trinajstić information content (AvgIpc) is 2.54. The van der Waals surface area contributed by atoms with Gasteiger partial charge < -0.3 is 5.32 Å². The van der Waals surface area contributed by atoms with Gasteiger partial charge in [-0.1, -0.05) is 19.4 Å². The minimum atomic E-state index is 0.219. The van der Waals surface area contributed by atoms with Crippen molar-refractivity contribution in [2.24, 2.45) is 0 Å². The van der Waals surface area contributed by atoms with E-state index in [9.17, 15) is 0 Å². The van der Waals surface area contributed by atoms with Crippen molar-refractivity contribution in [2.45, 2.75) is 58.5 Å². The molecule has 0 fully saturated rings. The summed E-state index contributed by atoms with van der Waals surface area (Å²) in [6, 6.07) is 4.99. The zero-order valence-electron chi connectivity index (χ0n) is 10.3. The Hall–Kier alpha value is -0.340. The summed E-state index contributed by atoms with van der Waals surface area (Å²) in [6.07, 6.45) is 3.68. The highest BCUT2D eigenvalue weighted by Gasteiger charge is 2.16. The molecule has 0 amide bonds. The molecule has 2 heteroatoms. The van der Waals surface area contributed by atoms with E-state index in [0.29, 0.717) is 6.04 Å². The van der Waals surface area contributed by atoms with Crippen molar-refractivity contribution in [3.63, 3.8) is 0 Å². The van der Waals surface area contributed by atoms with Crippen LogP contribution in [0.3, 0.4) is 0 Å². The van der Waals surface area contributed by atoms with E-state index in [1.807, 2.05) is 11.3 Å². The normalized spacial score (nSPS) is 14.1. The summed E-state index contributed by atoms with van der Waals surface area (Å²) in [5.74, 6) is 0. The van der Waals surface area contributed by atoms with Gasteiger partial charge in [-0.05, 0) is 45.1 Å². The third-order valence-electron chi connectivity index (χ3n) is 2.30. The molecule has 0 aromatic carbocycles. The average molecular weight is 225 g/mol. The lowest BCUT2D eigenvalue weighted by atomic mass is 10.0. The second-order valence-corrected chi connectivity index (χ2v) is 6.20. The van der Waals surface area contributed by atoms with E-state index in [1.165, 1.54) is 24.1 Å². The minimum Gasteiger partial charge on any atom is -0.309 e. The second-order valence-electron chi connectivity index (χ2n) is 5.16. The summed E-state index contributed by atoms with van der Waals surface area (Å²) in [5, 5.41) is 5.86. The van der Waals surface area contributed by atoms with Crippen molar-refractivity contribution < 1.29 is 0 Å². The second kappa shape index (κ2) is 5.66. The van der Waals surface area contributed by atoms with Crippen LogP contribution in [0.25, 0.3) is 0 Å². The SMILES string of the molecule is CCCC(Cc1cccs1)NC(C)(C)C. The lowest BCUT2D eigenvalue weighted by Crippen LogP contribution is -2.44. The topological polar surface area (TPSA) is 12.0 Å². The van der Waals surface area contributed by atoms with Crippen molar-refractivity contribution in [2.75, 3.05) is 0 Å². The van der Waals surface area contributed by atoms with Gasteiger partial charge in [0.1, 0.15) is 0 Å².